The van der Waals surface area contributed by atoms with Gasteiger partial charge in [0, 0.05) is 24.8 Å². The summed E-state index contributed by atoms with van der Waals surface area (Å²) in [5.74, 6) is 2.07. The lowest BCUT2D eigenvalue weighted by Gasteiger charge is -2.38. The highest BCUT2D eigenvalue weighted by Gasteiger charge is 2.32. The van der Waals surface area contributed by atoms with E-state index in [0.717, 1.165) is 16.9 Å². The number of nitrogens with one attached hydrogen (secondary N) is 3. The number of benzene rings is 2. The number of carbonyl (C=O) groups excluding carboxylic acids is 1. The summed E-state index contributed by atoms with van der Waals surface area (Å²) in [6.07, 6.45) is 0.706. The van der Waals surface area contributed by atoms with E-state index >= 15 is 0 Å². The van der Waals surface area contributed by atoms with Crippen molar-refractivity contribution in [3.8, 4) is 17.2 Å². The Morgan fingerprint density at radius 1 is 1.15 bits per heavy atom. The molecule has 0 spiro atoms. The number of urea groups is 1. The zero-order valence-electron chi connectivity index (χ0n) is 20.4. The molecule has 3 N–H and O–H groups in total. The average Bonchev–Trinajstić information content (AvgIpc) is 2.82. The Labute approximate surface area is 206 Å². The number of ether oxygens (including phenoxy) is 3. The number of fused-ring (bicyclic) bond motifs is 1. The van der Waals surface area contributed by atoms with E-state index in [1.165, 1.54) is 0 Å². The smallest absolute Gasteiger partial charge is 0.322 e. The minimum absolute atomic E-state index is 0.181. The number of hydrogen-bond donors (Lipinski definition) is 3. The number of amides is 2. The molecule has 9 heteroatoms. The van der Waals surface area contributed by atoms with Crippen molar-refractivity contribution < 1.29 is 19.0 Å². The maximum Gasteiger partial charge on any atom is 0.322 e. The molecule has 8 nitrogen and oxygen atoms in total. The predicted molar refractivity (Wildman–Crippen MR) is 138 cm³/mol. The minimum Gasteiger partial charge on any atom is -0.494 e. The molecule has 34 heavy (non-hydrogen) atoms. The van der Waals surface area contributed by atoms with E-state index in [1.807, 2.05) is 62.1 Å². The molecule has 1 heterocycles. The van der Waals surface area contributed by atoms with Gasteiger partial charge in [-0.05, 0) is 86.9 Å². The van der Waals surface area contributed by atoms with Crippen molar-refractivity contribution in [1.82, 2.24) is 15.5 Å². The second-order valence-electron chi connectivity index (χ2n) is 8.26. The number of methoxy groups -OCH3 is 2. The van der Waals surface area contributed by atoms with E-state index in [4.69, 9.17) is 26.4 Å². The van der Waals surface area contributed by atoms with Gasteiger partial charge in [-0.2, -0.15) is 0 Å². The molecule has 0 aliphatic carbocycles. The van der Waals surface area contributed by atoms with Crippen LogP contribution < -0.4 is 30.2 Å². The molecule has 3 rings (SSSR count). The normalized spacial score (nSPS) is 14.8. The summed E-state index contributed by atoms with van der Waals surface area (Å²) in [6.45, 7) is 7.59. The zero-order chi connectivity index (χ0) is 24.7. The van der Waals surface area contributed by atoms with E-state index in [2.05, 4.69) is 16.0 Å². The molecule has 0 fully saturated rings. The molecule has 184 valence electrons. The molecule has 0 bridgehead atoms. The predicted octanol–water partition coefficient (Wildman–Crippen LogP) is 4.11. The summed E-state index contributed by atoms with van der Waals surface area (Å²) in [5.41, 5.74) is 2.83. The van der Waals surface area contributed by atoms with Crippen LogP contribution in [0.25, 0.3) is 0 Å². The second kappa shape index (κ2) is 11.8. The molecular formula is C25H34N4O4S. The number of anilines is 1. The van der Waals surface area contributed by atoms with Crippen molar-refractivity contribution in [3.05, 3.63) is 47.5 Å². The van der Waals surface area contributed by atoms with Crippen LogP contribution in [0.15, 0.2) is 36.4 Å². The highest BCUT2D eigenvalue weighted by atomic mass is 32.1. The minimum atomic E-state index is -0.252. The van der Waals surface area contributed by atoms with Crippen LogP contribution in [0.1, 0.15) is 37.9 Å². The third kappa shape index (κ3) is 6.22. The monoisotopic (exact) mass is 486 g/mol. The van der Waals surface area contributed by atoms with Crippen LogP contribution in [-0.4, -0.2) is 56.0 Å². The van der Waals surface area contributed by atoms with Gasteiger partial charge in [-0.25, -0.2) is 4.79 Å². The largest absolute Gasteiger partial charge is 0.494 e. The first-order valence-corrected chi connectivity index (χ1v) is 11.9. The quantitative estimate of drug-likeness (QED) is 0.485. The Morgan fingerprint density at radius 3 is 2.44 bits per heavy atom. The van der Waals surface area contributed by atoms with Crippen LogP contribution in [0, 0.1) is 0 Å². The number of carbonyl (C=O) groups is 1. The van der Waals surface area contributed by atoms with Gasteiger partial charge >= 0.3 is 6.03 Å². The van der Waals surface area contributed by atoms with Crippen molar-refractivity contribution in [1.29, 1.82) is 0 Å². The van der Waals surface area contributed by atoms with Crippen LogP contribution in [0.4, 0.5) is 10.5 Å². The molecule has 1 aliphatic heterocycles. The summed E-state index contributed by atoms with van der Waals surface area (Å²) in [7, 11) is 3.23. The van der Waals surface area contributed by atoms with E-state index in [-0.39, 0.29) is 18.1 Å². The average molecular weight is 487 g/mol. The fraction of sp³-hybridized carbons (Fsp3) is 0.440. The highest BCUT2D eigenvalue weighted by Crippen LogP contribution is 2.38. The van der Waals surface area contributed by atoms with Crippen molar-refractivity contribution in [2.45, 2.75) is 39.3 Å². The molecule has 1 aliphatic rings. The van der Waals surface area contributed by atoms with Gasteiger partial charge in [0.05, 0.1) is 26.9 Å². The van der Waals surface area contributed by atoms with E-state index in [9.17, 15) is 4.79 Å². The number of nitrogens with zero attached hydrogens (tertiary/aromatic N) is 1. The molecule has 2 aromatic carbocycles. The second-order valence-corrected chi connectivity index (χ2v) is 8.67. The van der Waals surface area contributed by atoms with E-state index in [0.29, 0.717) is 48.4 Å². The number of rotatable bonds is 8. The topological polar surface area (TPSA) is 84.1 Å². The molecule has 0 aromatic heterocycles. The molecule has 2 aromatic rings. The van der Waals surface area contributed by atoms with E-state index < -0.39 is 0 Å². The Hall–Kier alpha value is -3.20. The molecular weight excluding hydrogens is 452 g/mol. The molecule has 0 radical (unpaired) electrons. The molecule has 0 unspecified atom stereocenters. The van der Waals surface area contributed by atoms with Gasteiger partial charge in [-0.15, -0.1) is 0 Å². The lowest BCUT2D eigenvalue weighted by Crippen LogP contribution is -2.48. The first-order valence-electron chi connectivity index (χ1n) is 11.5. The van der Waals surface area contributed by atoms with Crippen molar-refractivity contribution in [2.24, 2.45) is 0 Å². The Bertz CT molecular complexity index is 997. The lowest BCUT2D eigenvalue weighted by atomic mass is 9.92. The number of thiocarbonyl (C=S) groups is 1. The van der Waals surface area contributed by atoms with Crippen molar-refractivity contribution in [3.63, 3.8) is 0 Å². The maximum atomic E-state index is 13.3. The third-order valence-corrected chi connectivity index (χ3v) is 5.82. The SMILES string of the molecule is CCOc1ccc(NC(=O)N2CCc3cc(OC)c(OC)cc3[C@@H]2CNC(=S)NC(C)C)cc1. The molecule has 0 saturated heterocycles. The van der Waals surface area contributed by atoms with Crippen LogP contribution in [0.3, 0.4) is 0 Å². The highest BCUT2D eigenvalue weighted by molar-refractivity contribution is 7.80. The summed E-state index contributed by atoms with van der Waals surface area (Å²) in [6, 6.07) is 11.1. The first-order chi connectivity index (χ1) is 16.4. The Kier molecular flexibility index (Phi) is 8.81. The molecule has 1 atom stereocenters. The Morgan fingerprint density at radius 2 is 1.82 bits per heavy atom. The van der Waals surface area contributed by atoms with Crippen LogP contribution in [-0.2, 0) is 6.42 Å². The van der Waals surface area contributed by atoms with Gasteiger partial charge in [0.2, 0.25) is 0 Å². The van der Waals surface area contributed by atoms with Gasteiger partial charge in [-0.1, -0.05) is 0 Å². The lowest BCUT2D eigenvalue weighted by molar-refractivity contribution is 0.182. The Balaban J connectivity index is 1.85. The summed E-state index contributed by atoms with van der Waals surface area (Å²) in [4.78, 5) is 15.2. The zero-order valence-corrected chi connectivity index (χ0v) is 21.3. The fourth-order valence-corrected chi connectivity index (χ4v) is 4.31. The van der Waals surface area contributed by atoms with E-state index in [1.54, 1.807) is 14.2 Å². The van der Waals surface area contributed by atoms with Crippen LogP contribution in [0.2, 0.25) is 0 Å². The first kappa shape index (κ1) is 25.4. The summed E-state index contributed by atoms with van der Waals surface area (Å²) in [5, 5.41) is 10.0. The summed E-state index contributed by atoms with van der Waals surface area (Å²) < 4.78 is 16.5. The van der Waals surface area contributed by atoms with Gasteiger partial charge < -0.3 is 35.1 Å². The van der Waals surface area contributed by atoms with Gasteiger partial charge in [0.1, 0.15) is 5.75 Å². The van der Waals surface area contributed by atoms with Crippen LogP contribution >= 0.6 is 12.2 Å². The van der Waals surface area contributed by atoms with Crippen LogP contribution in [0.5, 0.6) is 17.2 Å². The third-order valence-electron chi connectivity index (χ3n) is 5.56. The standard InChI is InChI=1S/C25H34N4O4S/c1-6-33-19-9-7-18(8-10-19)28-25(30)29-12-11-17-13-22(31-4)23(32-5)14-20(17)21(29)15-26-24(34)27-16(2)3/h7-10,13-14,16,21H,6,11-12,15H2,1-5H3,(H,28,30)(H2,26,27,34)/t21-/m0/s1. The number of hydrogen-bond acceptors (Lipinski definition) is 5. The van der Waals surface area contributed by atoms with Gasteiger partial charge in [0.15, 0.2) is 16.6 Å². The summed E-state index contributed by atoms with van der Waals surface area (Å²) >= 11 is 5.43. The maximum absolute atomic E-state index is 13.3. The molecule has 2 amide bonds. The van der Waals surface area contributed by atoms with Crippen molar-refractivity contribution in [2.75, 3.05) is 39.2 Å². The fourth-order valence-electron chi connectivity index (χ4n) is 3.99. The van der Waals surface area contributed by atoms with Gasteiger partial charge in [0.25, 0.3) is 0 Å². The van der Waals surface area contributed by atoms with Gasteiger partial charge in [-0.3, -0.25) is 0 Å². The van der Waals surface area contributed by atoms with Crippen molar-refractivity contribution >= 4 is 29.0 Å². The molecule has 0 saturated carbocycles.